The Bertz CT molecular complexity index is 490. The van der Waals surface area contributed by atoms with Crippen LogP contribution in [0.4, 0.5) is 0 Å². The van der Waals surface area contributed by atoms with Gasteiger partial charge in [0.2, 0.25) is 5.91 Å². The second-order valence-electron chi connectivity index (χ2n) is 7.54. The van der Waals surface area contributed by atoms with Gasteiger partial charge in [0, 0.05) is 13.0 Å². The monoisotopic (exact) mass is 306 g/mol. The third-order valence-corrected chi connectivity index (χ3v) is 3.46. The molecule has 4 heteroatoms. The summed E-state index contributed by atoms with van der Waals surface area (Å²) in [5, 5.41) is 3.49. The van der Waals surface area contributed by atoms with Crippen LogP contribution in [0.2, 0.25) is 0 Å². The van der Waals surface area contributed by atoms with Crippen LogP contribution in [-0.4, -0.2) is 38.2 Å². The number of amides is 1. The number of nitrogens with zero attached hydrogens (tertiary/aromatic N) is 1. The molecular weight excluding hydrogens is 274 g/mol. The number of nitrogens with two attached hydrogens (primary N) is 1. The SMILES string of the molecule is CC(C)Cc1ccc(CNC[N+](C)(C)C)c(CCC(N)=O)c1. The lowest BCUT2D eigenvalue weighted by atomic mass is 9.95. The maximum Gasteiger partial charge on any atom is 0.217 e. The molecule has 0 atom stereocenters. The first-order valence-corrected chi connectivity index (χ1v) is 8.07. The largest absolute Gasteiger partial charge is 0.370 e. The highest BCUT2D eigenvalue weighted by atomic mass is 16.1. The minimum atomic E-state index is -0.237. The van der Waals surface area contributed by atoms with Gasteiger partial charge in [0.15, 0.2) is 0 Å². The number of primary amides is 1. The Morgan fingerprint density at radius 2 is 1.91 bits per heavy atom. The molecule has 4 nitrogen and oxygen atoms in total. The van der Waals surface area contributed by atoms with Crippen LogP contribution >= 0.6 is 0 Å². The molecule has 1 amide bonds. The Balaban J connectivity index is 2.81. The number of rotatable bonds is 9. The van der Waals surface area contributed by atoms with Crippen LogP contribution in [0.1, 0.15) is 37.0 Å². The number of nitrogens with one attached hydrogen (secondary N) is 1. The first-order valence-electron chi connectivity index (χ1n) is 8.07. The predicted octanol–water partition coefficient (Wildman–Crippen LogP) is 2.06. The van der Waals surface area contributed by atoms with E-state index >= 15 is 0 Å². The van der Waals surface area contributed by atoms with Crippen LogP contribution in [-0.2, 0) is 24.2 Å². The van der Waals surface area contributed by atoms with Crippen LogP contribution in [0.5, 0.6) is 0 Å². The number of carbonyl (C=O) groups excluding carboxylic acids is 1. The lowest BCUT2D eigenvalue weighted by molar-refractivity contribution is -0.873. The van der Waals surface area contributed by atoms with Gasteiger partial charge in [-0.05, 0) is 35.4 Å². The quantitative estimate of drug-likeness (QED) is 0.542. The van der Waals surface area contributed by atoms with E-state index in [-0.39, 0.29) is 5.91 Å². The van der Waals surface area contributed by atoms with E-state index in [1.807, 2.05) is 0 Å². The van der Waals surface area contributed by atoms with Crippen LogP contribution < -0.4 is 11.1 Å². The molecule has 0 heterocycles. The number of carbonyl (C=O) groups is 1. The molecule has 0 saturated heterocycles. The average molecular weight is 306 g/mol. The zero-order valence-corrected chi connectivity index (χ0v) is 14.8. The van der Waals surface area contributed by atoms with E-state index in [4.69, 9.17) is 5.73 Å². The molecule has 0 spiro atoms. The summed E-state index contributed by atoms with van der Waals surface area (Å²) in [7, 11) is 6.48. The average Bonchev–Trinajstić information content (AvgIpc) is 2.36. The summed E-state index contributed by atoms with van der Waals surface area (Å²) in [6, 6.07) is 6.64. The zero-order chi connectivity index (χ0) is 16.8. The first kappa shape index (κ1) is 18.7. The number of aryl methyl sites for hydroxylation is 1. The molecule has 0 aliphatic carbocycles. The molecule has 0 bridgehead atoms. The standard InChI is InChI=1S/C18H31N3O/c1-14(2)10-15-6-7-17(12-20-13-21(3,4)5)16(11-15)8-9-18(19)22/h6-7,11,14,20H,8-10,12-13H2,1-5H3,(H-,19,22)/p+1. The van der Waals surface area contributed by atoms with E-state index in [2.05, 4.69) is 58.5 Å². The Labute approximate surface area is 135 Å². The normalized spacial score (nSPS) is 11.9. The summed E-state index contributed by atoms with van der Waals surface area (Å²) >= 11 is 0. The smallest absolute Gasteiger partial charge is 0.217 e. The van der Waals surface area contributed by atoms with E-state index in [1.54, 1.807) is 0 Å². The molecule has 0 aliphatic heterocycles. The zero-order valence-electron chi connectivity index (χ0n) is 14.8. The van der Waals surface area contributed by atoms with Crippen LogP contribution in [0.3, 0.4) is 0 Å². The molecule has 22 heavy (non-hydrogen) atoms. The van der Waals surface area contributed by atoms with Gasteiger partial charge in [0.1, 0.15) is 6.67 Å². The van der Waals surface area contributed by atoms with E-state index in [0.717, 1.165) is 30.5 Å². The van der Waals surface area contributed by atoms with E-state index < -0.39 is 0 Å². The first-order chi connectivity index (χ1) is 10.2. The molecule has 1 rings (SSSR count). The van der Waals surface area contributed by atoms with Crippen molar-refractivity contribution in [2.45, 2.75) is 39.7 Å². The van der Waals surface area contributed by atoms with Gasteiger partial charge in [0.25, 0.3) is 0 Å². The van der Waals surface area contributed by atoms with Crippen molar-refractivity contribution in [1.82, 2.24) is 5.32 Å². The van der Waals surface area contributed by atoms with Crippen molar-refractivity contribution in [3.8, 4) is 0 Å². The van der Waals surface area contributed by atoms with Crippen molar-refractivity contribution in [3.05, 3.63) is 34.9 Å². The molecule has 124 valence electrons. The summed E-state index contributed by atoms with van der Waals surface area (Å²) in [4.78, 5) is 11.1. The fourth-order valence-electron chi connectivity index (χ4n) is 2.47. The Morgan fingerprint density at radius 1 is 1.23 bits per heavy atom. The third-order valence-electron chi connectivity index (χ3n) is 3.46. The summed E-state index contributed by atoms with van der Waals surface area (Å²) in [5.41, 5.74) is 9.15. The summed E-state index contributed by atoms with van der Waals surface area (Å²) in [6.45, 7) is 6.17. The maximum atomic E-state index is 11.1. The van der Waals surface area contributed by atoms with Gasteiger partial charge in [-0.2, -0.15) is 0 Å². The molecular formula is C18H32N3O+. The highest BCUT2D eigenvalue weighted by Crippen LogP contribution is 2.17. The third kappa shape index (κ3) is 7.57. The van der Waals surface area contributed by atoms with Gasteiger partial charge < -0.3 is 10.2 Å². The Hall–Kier alpha value is -1.39. The van der Waals surface area contributed by atoms with Gasteiger partial charge in [0.05, 0.1) is 21.1 Å². The van der Waals surface area contributed by atoms with Gasteiger partial charge in [-0.15, -0.1) is 0 Å². The highest BCUT2D eigenvalue weighted by Gasteiger charge is 2.09. The van der Waals surface area contributed by atoms with Gasteiger partial charge in [-0.3, -0.25) is 10.1 Å². The minimum absolute atomic E-state index is 0.237. The second kappa shape index (κ2) is 8.30. The summed E-state index contributed by atoms with van der Waals surface area (Å²) in [6.07, 6.45) is 2.20. The lowest BCUT2D eigenvalue weighted by Crippen LogP contribution is -2.42. The molecule has 1 aromatic carbocycles. The maximum absolute atomic E-state index is 11.1. The summed E-state index contributed by atoms with van der Waals surface area (Å²) in [5.74, 6) is 0.394. The molecule has 0 fully saturated rings. The van der Waals surface area contributed by atoms with Crippen LogP contribution in [0, 0.1) is 5.92 Å². The molecule has 0 radical (unpaired) electrons. The van der Waals surface area contributed by atoms with E-state index in [0.29, 0.717) is 12.3 Å². The predicted molar refractivity (Wildman–Crippen MR) is 92.2 cm³/mol. The van der Waals surface area contributed by atoms with Crippen molar-refractivity contribution in [2.75, 3.05) is 27.8 Å². The van der Waals surface area contributed by atoms with Gasteiger partial charge in [-0.1, -0.05) is 32.0 Å². The van der Waals surface area contributed by atoms with E-state index in [1.165, 1.54) is 16.7 Å². The number of quaternary nitrogens is 1. The fraction of sp³-hybridized carbons (Fsp3) is 0.611. The van der Waals surface area contributed by atoms with Gasteiger partial charge >= 0.3 is 0 Å². The van der Waals surface area contributed by atoms with Crippen LogP contribution in [0.25, 0.3) is 0 Å². The Kier molecular flexibility index (Phi) is 7.04. The molecule has 0 saturated carbocycles. The van der Waals surface area contributed by atoms with Crippen molar-refractivity contribution in [3.63, 3.8) is 0 Å². The van der Waals surface area contributed by atoms with Crippen LogP contribution in [0.15, 0.2) is 18.2 Å². The number of benzene rings is 1. The van der Waals surface area contributed by atoms with E-state index in [9.17, 15) is 4.79 Å². The molecule has 1 aromatic rings. The number of hydrogen-bond acceptors (Lipinski definition) is 2. The Morgan fingerprint density at radius 3 is 2.45 bits per heavy atom. The molecule has 0 unspecified atom stereocenters. The van der Waals surface area contributed by atoms with Crippen molar-refractivity contribution in [2.24, 2.45) is 11.7 Å². The summed E-state index contributed by atoms with van der Waals surface area (Å²) < 4.78 is 0.877. The van der Waals surface area contributed by atoms with Crippen molar-refractivity contribution < 1.29 is 9.28 Å². The number of hydrogen-bond donors (Lipinski definition) is 2. The van der Waals surface area contributed by atoms with Gasteiger partial charge in [-0.25, -0.2) is 0 Å². The van der Waals surface area contributed by atoms with Crippen molar-refractivity contribution in [1.29, 1.82) is 0 Å². The van der Waals surface area contributed by atoms with Crippen molar-refractivity contribution >= 4 is 5.91 Å². The highest BCUT2D eigenvalue weighted by molar-refractivity contribution is 5.74. The molecule has 0 aliphatic rings. The second-order valence-corrected chi connectivity index (χ2v) is 7.54. The lowest BCUT2D eigenvalue weighted by Gasteiger charge is -2.24. The molecule has 0 aromatic heterocycles. The topological polar surface area (TPSA) is 55.1 Å². The fourth-order valence-corrected chi connectivity index (χ4v) is 2.47. The minimum Gasteiger partial charge on any atom is -0.370 e. The molecule has 3 N–H and O–H groups in total.